The Kier molecular flexibility index (Phi) is 3.98. The lowest BCUT2D eigenvalue weighted by atomic mass is 10.1. The van der Waals surface area contributed by atoms with Crippen LogP contribution in [0.15, 0.2) is 18.2 Å². The first-order valence-corrected chi connectivity index (χ1v) is 6.51. The molecule has 17 heavy (non-hydrogen) atoms. The molecule has 2 rings (SSSR count). The number of carbonyl (C=O) groups is 1. The van der Waals surface area contributed by atoms with E-state index < -0.39 is 5.82 Å². The van der Waals surface area contributed by atoms with Crippen molar-refractivity contribution < 1.29 is 13.9 Å². The summed E-state index contributed by atoms with van der Waals surface area (Å²) in [5.41, 5.74) is 0.144. The van der Waals surface area contributed by atoms with Crippen LogP contribution in [-0.4, -0.2) is 36.6 Å². The van der Waals surface area contributed by atoms with Crippen molar-refractivity contribution in [2.75, 3.05) is 19.7 Å². The molecule has 0 aliphatic carbocycles. The van der Waals surface area contributed by atoms with E-state index in [9.17, 15) is 9.18 Å². The Hall–Kier alpha value is -0.690. The van der Waals surface area contributed by atoms with Crippen LogP contribution in [0.5, 0.6) is 0 Å². The molecule has 5 heteroatoms. The third kappa shape index (κ3) is 2.95. The van der Waals surface area contributed by atoms with Crippen molar-refractivity contribution in [1.29, 1.82) is 0 Å². The van der Waals surface area contributed by atoms with E-state index in [0.29, 0.717) is 19.7 Å². The Morgan fingerprint density at radius 2 is 2.35 bits per heavy atom. The molecule has 1 aromatic carbocycles. The van der Waals surface area contributed by atoms with Gasteiger partial charge in [0.05, 0.1) is 18.3 Å². The second-order valence-electron chi connectivity index (χ2n) is 4.06. The number of benzene rings is 1. The molecule has 1 aromatic rings. The number of amides is 1. The smallest absolute Gasteiger partial charge is 0.257 e. The van der Waals surface area contributed by atoms with Crippen molar-refractivity contribution >= 4 is 28.5 Å². The quantitative estimate of drug-likeness (QED) is 0.729. The summed E-state index contributed by atoms with van der Waals surface area (Å²) >= 11 is 2.07. The number of ether oxygens (including phenoxy) is 1. The molecule has 0 bridgehead atoms. The van der Waals surface area contributed by atoms with Crippen molar-refractivity contribution in [3.05, 3.63) is 33.1 Å². The van der Waals surface area contributed by atoms with Gasteiger partial charge in [-0.25, -0.2) is 4.39 Å². The fourth-order valence-electron chi connectivity index (χ4n) is 1.83. The molecule has 0 unspecified atom stereocenters. The van der Waals surface area contributed by atoms with E-state index >= 15 is 0 Å². The van der Waals surface area contributed by atoms with Gasteiger partial charge in [0.2, 0.25) is 0 Å². The number of carbonyl (C=O) groups excluding carboxylic acids is 1. The molecule has 0 saturated carbocycles. The zero-order chi connectivity index (χ0) is 12.4. The van der Waals surface area contributed by atoms with Crippen molar-refractivity contribution in [2.24, 2.45) is 0 Å². The van der Waals surface area contributed by atoms with Gasteiger partial charge in [-0.3, -0.25) is 4.79 Å². The molecule has 1 fully saturated rings. The highest BCUT2D eigenvalue weighted by Crippen LogP contribution is 2.16. The van der Waals surface area contributed by atoms with E-state index in [0.717, 1.165) is 3.57 Å². The Labute approximate surface area is 113 Å². The first-order valence-electron chi connectivity index (χ1n) is 5.44. The maximum absolute atomic E-state index is 13.6. The molecule has 0 aromatic heterocycles. The predicted molar refractivity (Wildman–Crippen MR) is 70.4 cm³/mol. The molecule has 0 radical (unpaired) electrons. The lowest BCUT2D eigenvalue weighted by Crippen LogP contribution is -2.44. The van der Waals surface area contributed by atoms with Gasteiger partial charge in [0.1, 0.15) is 5.82 Å². The van der Waals surface area contributed by atoms with Crippen molar-refractivity contribution in [1.82, 2.24) is 4.90 Å². The van der Waals surface area contributed by atoms with Crippen LogP contribution >= 0.6 is 22.6 Å². The van der Waals surface area contributed by atoms with Gasteiger partial charge >= 0.3 is 0 Å². The van der Waals surface area contributed by atoms with Crippen LogP contribution in [-0.2, 0) is 4.74 Å². The van der Waals surface area contributed by atoms with Gasteiger partial charge in [-0.05, 0) is 47.7 Å². The van der Waals surface area contributed by atoms with Gasteiger partial charge in [0, 0.05) is 16.7 Å². The van der Waals surface area contributed by atoms with Gasteiger partial charge in [-0.1, -0.05) is 0 Å². The minimum absolute atomic E-state index is 0.0125. The molecule has 0 spiro atoms. The topological polar surface area (TPSA) is 29.5 Å². The molecule has 1 heterocycles. The normalized spacial score (nSPS) is 20.4. The van der Waals surface area contributed by atoms with E-state index in [4.69, 9.17) is 4.74 Å². The summed E-state index contributed by atoms with van der Waals surface area (Å²) in [6.45, 7) is 3.46. The van der Waals surface area contributed by atoms with Crippen molar-refractivity contribution in [3.8, 4) is 0 Å². The molecule has 1 atom stereocenters. The summed E-state index contributed by atoms with van der Waals surface area (Å²) in [4.78, 5) is 13.8. The molecule has 3 nitrogen and oxygen atoms in total. The largest absolute Gasteiger partial charge is 0.375 e. The number of nitrogens with zero attached hydrogens (tertiary/aromatic N) is 1. The second kappa shape index (κ2) is 5.30. The Balaban J connectivity index is 2.21. The molecule has 0 N–H and O–H groups in total. The monoisotopic (exact) mass is 349 g/mol. The molecule has 92 valence electrons. The van der Waals surface area contributed by atoms with Crippen LogP contribution in [0.25, 0.3) is 0 Å². The summed E-state index contributed by atoms with van der Waals surface area (Å²) in [6.07, 6.45) is 0.0125. The minimum Gasteiger partial charge on any atom is -0.375 e. The van der Waals surface area contributed by atoms with Gasteiger partial charge in [-0.2, -0.15) is 0 Å². The van der Waals surface area contributed by atoms with E-state index in [1.165, 1.54) is 6.07 Å². The summed E-state index contributed by atoms with van der Waals surface area (Å²) < 4.78 is 19.8. The first-order chi connectivity index (χ1) is 8.08. The van der Waals surface area contributed by atoms with Crippen molar-refractivity contribution in [2.45, 2.75) is 13.0 Å². The number of morpholine rings is 1. The maximum atomic E-state index is 13.6. The van der Waals surface area contributed by atoms with Crippen LogP contribution in [0.2, 0.25) is 0 Å². The summed E-state index contributed by atoms with van der Waals surface area (Å²) in [6, 6.07) is 4.56. The van der Waals surface area contributed by atoms with Crippen LogP contribution in [0.1, 0.15) is 17.3 Å². The molecule has 1 saturated heterocycles. The van der Waals surface area contributed by atoms with Crippen LogP contribution < -0.4 is 0 Å². The highest BCUT2D eigenvalue weighted by molar-refractivity contribution is 14.1. The maximum Gasteiger partial charge on any atom is 0.257 e. The van der Waals surface area contributed by atoms with Gasteiger partial charge < -0.3 is 9.64 Å². The minimum atomic E-state index is -0.463. The van der Waals surface area contributed by atoms with Crippen LogP contribution in [0.4, 0.5) is 4.39 Å². The zero-order valence-electron chi connectivity index (χ0n) is 9.45. The summed E-state index contributed by atoms with van der Waals surface area (Å²) in [5, 5.41) is 0. The zero-order valence-corrected chi connectivity index (χ0v) is 11.6. The van der Waals surface area contributed by atoms with Gasteiger partial charge in [0.15, 0.2) is 0 Å². The predicted octanol–water partition coefficient (Wildman–Crippen LogP) is 2.29. The SMILES string of the molecule is C[C@H]1CN(C(=O)c2cc(I)ccc2F)CCO1. The molecule has 1 aliphatic heterocycles. The fourth-order valence-corrected chi connectivity index (χ4v) is 2.33. The second-order valence-corrected chi connectivity index (χ2v) is 5.30. The Bertz CT molecular complexity index is 439. The highest BCUT2D eigenvalue weighted by atomic mass is 127. The van der Waals surface area contributed by atoms with E-state index in [1.54, 1.807) is 17.0 Å². The van der Waals surface area contributed by atoms with Crippen molar-refractivity contribution in [3.63, 3.8) is 0 Å². The van der Waals surface area contributed by atoms with E-state index in [2.05, 4.69) is 22.6 Å². The fraction of sp³-hybridized carbons (Fsp3) is 0.417. The van der Waals surface area contributed by atoms with Crippen LogP contribution in [0, 0.1) is 9.39 Å². The lowest BCUT2D eigenvalue weighted by Gasteiger charge is -2.31. The average molecular weight is 349 g/mol. The summed E-state index contributed by atoms with van der Waals surface area (Å²) in [7, 11) is 0. The average Bonchev–Trinajstić information content (AvgIpc) is 2.31. The number of rotatable bonds is 1. The highest BCUT2D eigenvalue weighted by Gasteiger charge is 2.24. The van der Waals surface area contributed by atoms with Crippen LogP contribution in [0.3, 0.4) is 0 Å². The molecular formula is C12H13FINO2. The number of halogens is 2. The first kappa shape index (κ1) is 12.8. The van der Waals surface area contributed by atoms with Gasteiger partial charge in [-0.15, -0.1) is 0 Å². The molecule has 1 amide bonds. The number of hydrogen-bond donors (Lipinski definition) is 0. The van der Waals surface area contributed by atoms with Gasteiger partial charge in [0.25, 0.3) is 5.91 Å². The van der Waals surface area contributed by atoms with E-state index in [-0.39, 0.29) is 17.6 Å². The lowest BCUT2D eigenvalue weighted by molar-refractivity contribution is -0.0125. The molecule has 1 aliphatic rings. The standard InChI is InChI=1S/C12H13FINO2/c1-8-7-15(4-5-17-8)12(16)10-6-9(14)2-3-11(10)13/h2-3,6,8H,4-5,7H2,1H3/t8-/m0/s1. The third-order valence-electron chi connectivity index (χ3n) is 2.69. The molecular weight excluding hydrogens is 336 g/mol. The summed E-state index contributed by atoms with van der Waals surface area (Å²) in [5.74, 6) is -0.717. The third-order valence-corrected chi connectivity index (χ3v) is 3.36. The Morgan fingerprint density at radius 1 is 1.59 bits per heavy atom. The Morgan fingerprint density at radius 3 is 3.06 bits per heavy atom. The van der Waals surface area contributed by atoms with E-state index in [1.807, 2.05) is 6.92 Å². The number of hydrogen-bond acceptors (Lipinski definition) is 2.